The van der Waals surface area contributed by atoms with E-state index in [4.69, 9.17) is 9.47 Å². The molecule has 11 heteroatoms. The van der Waals surface area contributed by atoms with Gasteiger partial charge in [0.25, 0.3) is 0 Å². The first-order valence-corrected chi connectivity index (χ1v) is 10.6. The molecule has 0 aromatic heterocycles. The molecule has 6 atom stereocenters. The van der Waals surface area contributed by atoms with Gasteiger partial charge in [-0.15, -0.1) is 11.8 Å². The van der Waals surface area contributed by atoms with E-state index in [2.05, 4.69) is 5.32 Å². The second kappa shape index (κ2) is 9.57. The van der Waals surface area contributed by atoms with Crippen LogP contribution in [0.1, 0.15) is 27.7 Å². The van der Waals surface area contributed by atoms with Crippen molar-refractivity contribution in [3.05, 3.63) is 24.3 Å². The molecule has 0 aliphatic carbocycles. The second-order valence-corrected chi connectivity index (χ2v) is 8.84. The summed E-state index contributed by atoms with van der Waals surface area (Å²) in [5, 5.41) is 34.1. The van der Waals surface area contributed by atoms with E-state index < -0.39 is 57.3 Å². The number of ether oxygens (including phenoxy) is 2. The molecular formula is C21H27NO9S. The summed E-state index contributed by atoms with van der Waals surface area (Å²) in [6.07, 6.45) is -1.92. The van der Waals surface area contributed by atoms with E-state index in [-0.39, 0.29) is 5.75 Å². The number of Topliss-reactive ketones (excluding diaryl/α,β-unsaturated/α-hetero) is 3. The van der Waals surface area contributed by atoms with Gasteiger partial charge in [-0.25, -0.2) is 0 Å². The Bertz CT molecular complexity index is 905. The molecule has 176 valence electrons. The fraction of sp³-hybridized carbons (Fsp3) is 0.524. The van der Waals surface area contributed by atoms with E-state index in [1.807, 2.05) is 0 Å². The summed E-state index contributed by atoms with van der Waals surface area (Å²) in [5.41, 5.74) is -7.09. The first-order chi connectivity index (χ1) is 14.8. The van der Waals surface area contributed by atoms with Crippen LogP contribution in [0, 0.1) is 0 Å². The Morgan fingerprint density at radius 2 is 1.47 bits per heavy atom. The lowest BCUT2D eigenvalue weighted by Gasteiger charge is -2.54. The van der Waals surface area contributed by atoms with E-state index >= 15 is 0 Å². The van der Waals surface area contributed by atoms with Crippen LogP contribution in [0.2, 0.25) is 0 Å². The van der Waals surface area contributed by atoms with Gasteiger partial charge in [0.1, 0.15) is 23.6 Å². The molecule has 1 aromatic carbocycles. The van der Waals surface area contributed by atoms with Crippen LogP contribution < -0.4 is 14.8 Å². The third kappa shape index (κ3) is 4.38. The first kappa shape index (κ1) is 25.8. The van der Waals surface area contributed by atoms with Crippen LogP contribution >= 0.6 is 11.8 Å². The van der Waals surface area contributed by atoms with Crippen molar-refractivity contribution in [1.29, 1.82) is 0 Å². The highest BCUT2D eigenvalue weighted by Crippen LogP contribution is 2.48. The molecule has 1 aromatic rings. The minimum absolute atomic E-state index is 0.244. The molecule has 1 unspecified atom stereocenters. The van der Waals surface area contributed by atoms with Crippen molar-refractivity contribution < 1.29 is 44.0 Å². The molecule has 0 saturated carbocycles. The van der Waals surface area contributed by atoms with E-state index in [0.717, 1.165) is 27.7 Å². The van der Waals surface area contributed by atoms with Gasteiger partial charge in [0.15, 0.2) is 34.0 Å². The van der Waals surface area contributed by atoms with Crippen molar-refractivity contribution >= 4 is 35.0 Å². The molecule has 2 rings (SSSR count). The number of thioether (sulfide) groups is 1. The maximum Gasteiger partial charge on any atom is 0.217 e. The number of rotatable bonds is 8. The molecule has 10 nitrogen and oxygen atoms in total. The monoisotopic (exact) mass is 469 g/mol. The van der Waals surface area contributed by atoms with E-state index in [0.29, 0.717) is 17.5 Å². The van der Waals surface area contributed by atoms with Crippen LogP contribution in [0.3, 0.4) is 0 Å². The van der Waals surface area contributed by atoms with Crippen LogP contribution in [0.4, 0.5) is 0 Å². The Labute approximate surface area is 189 Å². The number of carbonyl (C=O) groups excluding carboxylic acids is 4. The fourth-order valence-corrected chi connectivity index (χ4v) is 5.48. The minimum Gasteiger partial charge on any atom is -0.497 e. The van der Waals surface area contributed by atoms with Gasteiger partial charge in [0.2, 0.25) is 5.91 Å². The van der Waals surface area contributed by atoms with Gasteiger partial charge < -0.3 is 30.1 Å². The highest BCUT2D eigenvalue weighted by Gasteiger charge is 2.71. The van der Waals surface area contributed by atoms with E-state index in [9.17, 15) is 34.5 Å². The van der Waals surface area contributed by atoms with Gasteiger partial charge in [-0.1, -0.05) is 0 Å². The van der Waals surface area contributed by atoms with Crippen LogP contribution in [0.25, 0.3) is 0 Å². The van der Waals surface area contributed by atoms with Crippen LogP contribution in [-0.4, -0.2) is 79.7 Å². The Kier molecular flexibility index (Phi) is 7.71. The zero-order chi connectivity index (χ0) is 24.4. The Balaban J connectivity index is 2.68. The van der Waals surface area contributed by atoms with Crippen molar-refractivity contribution in [3.63, 3.8) is 0 Å². The molecule has 1 fully saturated rings. The van der Waals surface area contributed by atoms with E-state index in [1.165, 1.54) is 19.2 Å². The number of amides is 1. The molecule has 32 heavy (non-hydrogen) atoms. The van der Waals surface area contributed by atoms with Gasteiger partial charge in [0, 0.05) is 6.92 Å². The van der Waals surface area contributed by atoms with Gasteiger partial charge in [-0.05, 0) is 45.0 Å². The topological polar surface area (TPSA) is 159 Å². The highest BCUT2D eigenvalue weighted by atomic mass is 32.2. The molecular weight excluding hydrogens is 442 g/mol. The molecule has 0 bridgehead atoms. The lowest BCUT2D eigenvalue weighted by Crippen LogP contribution is -2.81. The fourth-order valence-electron chi connectivity index (χ4n) is 3.72. The number of aliphatic hydroxyl groups is 3. The van der Waals surface area contributed by atoms with Gasteiger partial charge in [-0.3, -0.25) is 19.2 Å². The Hall–Kier alpha value is -2.47. The summed E-state index contributed by atoms with van der Waals surface area (Å²) >= 11 is 0.656. The third-order valence-electron chi connectivity index (χ3n) is 5.44. The first-order valence-electron chi connectivity index (χ1n) is 9.69. The molecule has 1 aliphatic heterocycles. The van der Waals surface area contributed by atoms with Crippen molar-refractivity contribution in [1.82, 2.24) is 5.32 Å². The summed E-state index contributed by atoms with van der Waals surface area (Å²) in [7, 11) is 1.48. The Morgan fingerprint density at radius 1 is 0.969 bits per heavy atom. The molecule has 1 amide bonds. The SMILES string of the molecule is COc1ccc(O[C@H]2S[C@@H](C(O)C(C)=O)[C@](O)(C(C)=O)[C@@](O)(C(C)=O)[C@@H]2NC(C)=O)cc1. The number of methoxy groups -OCH3 is 1. The zero-order valence-corrected chi connectivity index (χ0v) is 19.1. The second-order valence-electron chi connectivity index (χ2n) is 7.60. The summed E-state index contributed by atoms with van der Waals surface area (Å²) in [6, 6.07) is 4.62. The number of nitrogens with one attached hydrogen (secondary N) is 1. The van der Waals surface area contributed by atoms with Crippen LogP contribution in [0.15, 0.2) is 24.3 Å². The number of ketones is 3. The van der Waals surface area contributed by atoms with Crippen LogP contribution in [0.5, 0.6) is 11.5 Å². The third-order valence-corrected chi connectivity index (χ3v) is 6.97. The predicted molar refractivity (Wildman–Crippen MR) is 114 cm³/mol. The average Bonchev–Trinajstić information content (AvgIpc) is 2.72. The highest BCUT2D eigenvalue weighted by molar-refractivity contribution is 8.00. The molecule has 1 aliphatic rings. The largest absolute Gasteiger partial charge is 0.497 e. The predicted octanol–water partition coefficient (Wildman–Crippen LogP) is -0.390. The summed E-state index contributed by atoms with van der Waals surface area (Å²) < 4.78 is 11.0. The van der Waals surface area contributed by atoms with Crippen molar-refractivity contribution in [2.24, 2.45) is 0 Å². The molecule has 1 heterocycles. The number of carbonyl (C=O) groups is 4. The minimum atomic E-state index is -2.91. The lowest BCUT2D eigenvalue weighted by atomic mass is 9.68. The molecule has 4 N–H and O–H groups in total. The summed E-state index contributed by atoms with van der Waals surface area (Å²) in [5.74, 6) is -2.81. The molecule has 1 saturated heterocycles. The van der Waals surface area contributed by atoms with Crippen LogP contribution in [-0.2, 0) is 19.2 Å². The maximum atomic E-state index is 12.7. The standard InChI is InChI=1S/C21H27NO9S/c1-10(23)16(27)18-21(29,12(3)25)20(28,11(2)24)17(22-13(4)26)19(32-18)31-15-8-6-14(30-5)7-9-15/h6-9,16-19,27-29H,1-5H3,(H,22,26)/t16?,17-,18+,19+,20-,21-/m1/s1. The van der Waals surface area contributed by atoms with Crippen molar-refractivity contribution in [3.8, 4) is 11.5 Å². The van der Waals surface area contributed by atoms with Gasteiger partial charge in [-0.2, -0.15) is 0 Å². The van der Waals surface area contributed by atoms with E-state index in [1.54, 1.807) is 12.1 Å². The number of aliphatic hydroxyl groups excluding tert-OH is 1. The normalized spacial score (nSPS) is 30.7. The zero-order valence-electron chi connectivity index (χ0n) is 18.3. The molecule has 0 spiro atoms. The van der Waals surface area contributed by atoms with Gasteiger partial charge in [0.05, 0.1) is 12.4 Å². The number of hydrogen-bond donors (Lipinski definition) is 4. The van der Waals surface area contributed by atoms with Crippen molar-refractivity contribution in [2.45, 2.75) is 61.7 Å². The average molecular weight is 470 g/mol. The molecule has 0 radical (unpaired) electrons. The smallest absolute Gasteiger partial charge is 0.217 e. The summed E-state index contributed by atoms with van der Waals surface area (Å²) in [6.45, 7) is 4.01. The summed E-state index contributed by atoms with van der Waals surface area (Å²) in [4.78, 5) is 49.1. The Morgan fingerprint density at radius 3 is 1.88 bits per heavy atom. The number of hydrogen-bond acceptors (Lipinski definition) is 10. The quantitative estimate of drug-likeness (QED) is 0.395. The van der Waals surface area contributed by atoms with Crippen molar-refractivity contribution in [2.75, 3.05) is 7.11 Å². The maximum absolute atomic E-state index is 12.7. The van der Waals surface area contributed by atoms with Gasteiger partial charge >= 0.3 is 0 Å². The number of benzene rings is 1. The lowest BCUT2D eigenvalue weighted by molar-refractivity contribution is -0.198.